The lowest BCUT2D eigenvalue weighted by Gasteiger charge is -2.11. The molecule has 0 radical (unpaired) electrons. The van der Waals surface area contributed by atoms with E-state index in [-0.39, 0.29) is 18.1 Å². The molecule has 27 heavy (non-hydrogen) atoms. The number of hydrogen-bond donors (Lipinski definition) is 1. The largest absolute Gasteiger partial charge is 0.483 e. The summed E-state index contributed by atoms with van der Waals surface area (Å²) in [5.41, 5.74) is 1.83. The second-order valence-electron chi connectivity index (χ2n) is 6.17. The number of fused-ring (bicyclic) bond motifs is 1. The first kappa shape index (κ1) is 18.5. The highest BCUT2D eigenvalue weighted by atomic mass is 16.5. The molecule has 1 N–H and O–H groups in total. The number of ether oxygens (including phenoxy) is 1. The number of rotatable bonds is 7. The third-order valence-corrected chi connectivity index (χ3v) is 4.31. The molecule has 0 fully saturated rings. The fraction of sp³-hybridized carbons (Fsp3) is 0.182. The van der Waals surface area contributed by atoms with Crippen molar-refractivity contribution in [3.05, 3.63) is 83.3 Å². The van der Waals surface area contributed by atoms with E-state index in [4.69, 9.17) is 4.74 Å². The lowest BCUT2D eigenvalue weighted by Crippen LogP contribution is -2.21. The van der Waals surface area contributed by atoms with Crippen molar-refractivity contribution in [2.75, 3.05) is 11.9 Å². The van der Waals surface area contributed by atoms with Crippen LogP contribution in [0.3, 0.4) is 0 Å². The van der Waals surface area contributed by atoms with E-state index in [1.807, 2.05) is 30.3 Å². The van der Waals surface area contributed by atoms with Gasteiger partial charge in [0.1, 0.15) is 5.75 Å². The molecule has 0 saturated heterocycles. The van der Waals surface area contributed by atoms with Crippen molar-refractivity contribution in [1.82, 2.24) is 4.57 Å². The second-order valence-corrected chi connectivity index (χ2v) is 6.17. The number of carbonyl (C=O) groups is 1. The molecule has 5 heteroatoms. The molecule has 0 aliphatic rings. The van der Waals surface area contributed by atoms with E-state index in [0.717, 1.165) is 12.1 Å². The topological polar surface area (TPSA) is 60.3 Å². The summed E-state index contributed by atoms with van der Waals surface area (Å²) in [5, 5.41) is 4.04. The average molecular weight is 362 g/mol. The smallest absolute Gasteiger partial charge is 0.262 e. The minimum Gasteiger partial charge on any atom is -0.483 e. The first-order valence-electron chi connectivity index (χ1n) is 8.87. The summed E-state index contributed by atoms with van der Waals surface area (Å²) in [6, 6.07) is 14.8. The predicted molar refractivity (Wildman–Crippen MR) is 108 cm³/mol. The predicted octanol–water partition coefficient (Wildman–Crippen LogP) is 3.77. The molecule has 5 nitrogen and oxygen atoms in total. The number of aryl methyl sites for hydroxylation is 1. The van der Waals surface area contributed by atoms with E-state index >= 15 is 0 Å². The van der Waals surface area contributed by atoms with Gasteiger partial charge in [0, 0.05) is 23.8 Å². The van der Waals surface area contributed by atoms with Crippen LogP contribution in [0.4, 0.5) is 5.69 Å². The van der Waals surface area contributed by atoms with Crippen molar-refractivity contribution >= 4 is 22.4 Å². The molecule has 1 amide bonds. The molecular formula is C22H22N2O3. The first-order chi connectivity index (χ1) is 13.1. The Balaban J connectivity index is 1.72. The molecular weight excluding hydrogens is 340 g/mol. The van der Waals surface area contributed by atoms with Crippen LogP contribution >= 0.6 is 0 Å². The Morgan fingerprint density at radius 3 is 2.63 bits per heavy atom. The Morgan fingerprint density at radius 1 is 1.15 bits per heavy atom. The number of aromatic nitrogens is 1. The standard InChI is InChI=1S/C22H22N2O3/c1-3-13-24-14-12-18-19(22(24)26)6-5-7-20(18)27-15-21(25)23-17-10-8-16(4-2)9-11-17/h3,5-12,14H,1,4,13,15H2,2H3,(H,23,25). The summed E-state index contributed by atoms with van der Waals surface area (Å²) in [6.07, 6.45) is 4.33. The average Bonchev–Trinajstić information content (AvgIpc) is 2.69. The number of amides is 1. The van der Waals surface area contributed by atoms with Crippen molar-refractivity contribution in [3.63, 3.8) is 0 Å². The first-order valence-corrected chi connectivity index (χ1v) is 8.87. The number of pyridine rings is 1. The van der Waals surface area contributed by atoms with Gasteiger partial charge < -0.3 is 14.6 Å². The van der Waals surface area contributed by atoms with Gasteiger partial charge in [-0.25, -0.2) is 0 Å². The minimum atomic E-state index is -0.253. The van der Waals surface area contributed by atoms with Gasteiger partial charge in [0.25, 0.3) is 11.5 Å². The third-order valence-electron chi connectivity index (χ3n) is 4.31. The summed E-state index contributed by atoms with van der Waals surface area (Å²) < 4.78 is 7.25. The maximum absolute atomic E-state index is 12.5. The third kappa shape index (κ3) is 4.26. The fourth-order valence-electron chi connectivity index (χ4n) is 2.86. The maximum atomic E-state index is 12.5. The molecule has 2 aromatic carbocycles. The number of allylic oxidation sites excluding steroid dienone is 1. The van der Waals surface area contributed by atoms with E-state index in [1.54, 1.807) is 35.0 Å². The summed E-state index contributed by atoms with van der Waals surface area (Å²) in [5.74, 6) is 0.253. The van der Waals surface area contributed by atoms with Gasteiger partial charge in [-0.05, 0) is 42.3 Å². The molecule has 0 unspecified atom stereocenters. The van der Waals surface area contributed by atoms with Gasteiger partial charge in [0.15, 0.2) is 6.61 Å². The highest BCUT2D eigenvalue weighted by Gasteiger charge is 2.09. The van der Waals surface area contributed by atoms with E-state index in [1.165, 1.54) is 5.56 Å². The van der Waals surface area contributed by atoms with Crippen LogP contribution < -0.4 is 15.6 Å². The summed E-state index contributed by atoms with van der Waals surface area (Å²) >= 11 is 0. The van der Waals surface area contributed by atoms with E-state index in [9.17, 15) is 9.59 Å². The van der Waals surface area contributed by atoms with Gasteiger partial charge in [-0.2, -0.15) is 0 Å². The lowest BCUT2D eigenvalue weighted by molar-refractivity contribution is -0.118. The van der Waals surface area contributed by atoms with Gasteiger partial charge >= 0.3 is 0 Å². The second kappa shape index (κ2) is 8.36. The highest BCUT2D eigenvalue weighted by molar-refractivity contribution is 5.92. The summed E-state index contributed by atoms with van der Waals surface area (Å²) in [4.78, 5) is 24.7. The van der Waals surface area contributed by atoms with Gasteiger partial charge in [-0.15, -0.1) is 6.58 Å². The van der Waals surface area contributed by atoms with Crippen LogP contribution in [0.15, 0.2) is 72.2 Å². The molecule has 0 atom stereocenters. The van der Waals surface area contributed by atoms with Crippen LogP contribution in [0.1, 0.15) is 12.5 Å². The Morgan fingerprint density at radius 2 is 1.93 bits per heavy atom. The summed E-state index contributed by atoms with van der Waals surface area (Å²) in [7, 11) is 0. The number of hydrogen-bond acceptors (Lipinski definition) is 3. The Hall–Kier alpha value is -3.34. The maximum Gasteiger partial charge on any atom is 0.262 e. The Bertz CT molecular complexity index is 1020. The van der Waals surface area contributed by atoms with Gasteiger partial charge in [0.05, 0.1) is 5.39 Å². The zero-order chi connectivity index (χ0) is 19.2. The van der Waals surface area contributed by atoms with E-state index in [2.05, 4.69) is 18.8 Å². The number of carbonyl (C=O) groups excluding carboxylic acids is 1. The van der Waals surface area contributed by atoms with Gasteiger partial charge in [-0.1, -0.05) is 31.2 Å². The van der Waals surface area contributed by atoms with E-state index < -0.39 is 0 Å². The monoisotopic (exact) mass is 362 g/mol. The number of nitrogens with zero attached hydrogens (tertiary/aromatic N) is 1. The normalized spacial score (nSPS) is 10.6. The highest BCUT2D eigenvalue weighted by Crippen LogP contribution is 2.23. The molecule has 0 spiro atoms. The molecule has 1 aromatic heterocycles. The van der Waals surface area contributed by atoms with Gasteiger partial charge in [0.2, 0.25) is 0 Å². The van der Waals surface area contributed by atoms with Crippen LogP contribution in [-0.2, 0) is 17.8 Å². The quantitative estimate of drug-likeness (QED) is 0.651. The van der Waals surface area contributed by atoms with Crippen LogP contribution in [0.2, 0.25) is 0 Å². The van der Waals surface area contributed by atoms with Crippen molar-refractivity contribution in [3.8, 4) is 5.75 Å². The molecule has 0 bridgehead atoms. The molecule has 0 aliphatic carbocycles. The Labute approximate surface area is 157 Å². The molecule has 0 aliphatic heterocycles. The SMILES string of the molecule is C=CCn1ccc2c(OCC(=O)Nc3ccc(CC)cc3)cccc2c1=O. The zero-order valence-corrected chi connectivity index (χ0v) is 15.3. The fourth-order valence-corrected chi connectivity index (χ4v) is 2.86. The minimum absolute atomic E-state index is 0.113. The van der Waals surface area contributed by atoms with Crippen molar-refractivity contribution in [2.24, 2.45) is 0 Å². The van der Waals surface area contributed by atoms with Crippen LogP contribution in [-0.4, -0.2) is 17.1 Å². The molecule has 3 rings (SSSR count). The zero-order valence-electron chi connectivity index (χ0n) is 15.3. The van der Waals surface area contributed by atoms with Crippen molar-refractivity contribution in [2.45, 2.75) is 19.9 Å². The number of benzene rings is 2. The molecule has 0 saturated carbocycles. The van der Waals surface area contributed by atoms with Crippen LogP contribution in [0, 0.1) is 0 Å². The van der Waals surface area contributed by atoms with Crippen LogP contribution in [0.5, 0.6) is 5.75 Å². The van der Waals surface area contributed by atoms with Crippen molar-refractivity contribution < 1.29 is 9.53 Å². The summed E-state index contributed by atoms with van der Waals surface area (Å²) in [6.45, 7) is 6.05. The lowest BCUT2D eigenvalue weighted by atomic mass is 10.1. The molecule has 138 valence electrons. The Kier molecular flexibility index (Phi) is 5.71. The van der Waals surface area contributed by atoms with Crippen molar-refractivity contribution in [1.29, 1.82) is 0 Å². The molecule has 1 heterocycles. The van der Waals surface area contributed by atoms with Crippen LogP contribution in [0.25, 0.3) is 10.8 Å². The number of anilines is 1. The van der Waals surface area contributed by atoms with E-state index in [0.29, 0.717) is 23.1 Å². The number of nitrogens with one attached hydrogen (secondary N) is 1. The van der Waals surface area contributed by atoms with Gasteiger partial charge in [-0.3, -0.25) is 9.59 Å². The molecule has 3 aromatic rings.